The second kappa shape index (κ2) is 16.0. The molecule has 0 atom stereocenters. The third kappa shape index (κ3) is 7.42. The average Bonchev–Trinajstić information content (AvgIpc) is 3.85. The van der Waals surface area contributed by atoms with E-state index in [0.717, 1.165) is 50.8 Å². The van der Waals surface area contributed by atoms with E-state index in [2.05, 4.69) is 227 Å². The Morgan fingerprint density at radius 2 is 1.14 bits per heavy atom. The molecule has 0 N–H and O–H groups in total. The van der Waals surface area contributed by atoms with E-state index in [1.807, 2.05) is 12.3 Å². The van der Waals surface area contributed by atoms with Gasteiger partial charge in [0.15, 0.2) is 0 Å². The van der Waals surface area contributed by atoms with Gasteiger partial charge in [-0.05, 0) is 129 Å². The van der Waals surface area contributed by atoms with Crippen molar-refractivity contribution in [3.8, 4) is 39.6 Å². The van der Waals surface area contributed by atoms with E-state index in [1.165, 1.54) is 50.0 Å². The van der Waals surface area contributed by atoms with Crippen molar-refractivity contribution >= 4 is 44.6 Å². The van der Waals surface area contributed by atoms with Gasteiger partial charge in [0.2, 0.25) is 0 Å². The minimum absolute atomic E-state index is 0.00498. The lowest BCUT2D eigenvalue weighted by atomic mass is 9.84. The normalized spacial score (nSPS) is 12.8. The van der Waals surface area contributed by atoms with Gasteiger partial charge in [-0.1, -0.05) is 133 Å². The minimum atomic E-state index is -0.00498. The molecule has 9 aromatic rings. The van der Waals surface area contributed by atoms with Crippen LogP contribution < -0.4 is 14.5 Å². The molecule has 1 aliphatic rings. The lowest BCUT2D eigenvalue weighted by molar-refractivity contribution is 0.483. The summed E-state index contributed by atoms with van der Waals surface area (Å²) < 4.78 is 9.03. The molecule has 2 aromatic heterocycles. The van der Waals surface area contributed by atoms with Crippen LogP contribution in [0.15, 0.2) is 176 Å². The maximum absolute atomic E-state index is 6.77. The number of anilines is 4. The zero-order chi connectivity index (χ0) is 43.4. The van der Waals surface area contributed by atoms with Crippen LogP contribution in [-0.4, -0.2) is 16.2 Å². The van der Waals surface area contributed by atoms with Crippen LogP contribution in [0.3, 0.4) is 0 Å². The van der Waals surface area contributed by atoms with Crippen LogP contribution in [0, 0.1) is 0 Å². The molecule has 0 unspecified atom stereocenters. The third-order valence-electron chi connectivity index (χ3n) is 12.6. The fourth-order valence-electron chi connectivity index (χ4n) is 9.37. The molecule has 1 aliphatic heterocycles. The van der Waals surface area contributed by atoms with Gasteiger partial charge >= 0.3 is 0 Å². The zero-order valence-corrected chi connectivity index (χ0v) is 37.3. The van der Waals surface area contributed by atoms with E-state index in [1.54, 1.807) is 0 Å². The Hall–Kier alpha value is -7.11. The lowest BCUT2D eigenvalue weighted by Crippen LogP contribution is -2.24. The van der Waals surface area contributed by atoms with Crippen molar-refractivity contribution in [3.63, 3.8) is 0 Å². The fraction of sp³-hybridized carbons (Fsp3) is 0.190. The molecule has 0 radical (unpaired) electrons. The SMILES string of the molecule is CC(C)c1cccc(C(C)C)c1-c1cc(-c2ccccc2)cc(N2CN(c3cccc(Oc4ccc5c6ccccc6n(-c6cc(C(C)(C)C)ccn6)c5c4)c3)c3ccccc32)c1. The Balaban J connectivity index is 1.03. The van der Waals surface area contributed by atoms with Gasteiger partial charge < -0.3 is 14.5 Å². The number of hydrogen-bond donors (Lipinski definition) is 0. The predicted molar refractivity (Wildman–Crippen MR) is 265 cm³/mol. The van der Waals surface area contributed by atoms with Crippen molar-refractivity contribution in [2.75, 3.05) is 16.5 Å². The summed E-state index contributed by atoms with van der Waals surface area (Å²) in [6.45, 7) is 16.6. The second-order valence-electron chi connectivity index (χ2n) is 18.5. The highest BCUT2D eigenvalue weighted by molar-refractivity contribution is 6.09. The number of aromatic nitrogens is 2. The van der Waals surface area contributed by atoms with Crippen LogP contribution in [0.2, 0.25) is 0 Å². The highest BCUT2D eigenvalue weighted by Crippen LogP contribution is 2.48. The Kier molecular flexibility index (Phi) is 10.1. The number of ether oxygens (including phenoxy) is 1. The minimum Gasteiger partial charge on any atom is -0.457 e. The topological polar surface area (TPSA) is 33.5 Å². The van der Waals surface area contributed by atoms with Crippen molar-refractivity contribution in [2.45, 2.75) is 65.7 Å². The van der Waals surface area contributed by atoms with E-state index in [-0.39, 0.29) is 5.41 Å². The Bertz CT molecular complexity index is 3110. The van der Waals surface area contributed by atoms with Crippen LogP contribution in [-0.2, 0) is 5.41 Å². The van der Waals surface area contributed by atoms with Crippen molar-refractivity contribution in [2.24, 2.45) is 0 Å². The molecule has 0 fully saturated rings. The standard InChI is InChI=1S/C58H54N4O/c1-38(2)48-22-16-23-49(39(3)4)57(48)42-31-41(40-17-9-8-10-18-40)32-45(33-42)61-37-60(53-25-13-14-26-54(53)61)44-19-15-20-46(35-44)63-47-27-28-51-50-21-11-12-24-52(50)62(55(51)36-47)56-34-43(29-30-59-56)58(5,6)7/h8-36,38-39H,37H2,1-7H3. The molecule has 0 saturated carbocycles. The first kappa shape index (κ1) is 40.0. The van der Waals surface area contributed by atoms with E-state index in [4.69, 9.17) is 9.72 Å². The van der Waals surface area contributed by atoms with Crippen LogP contribution in [0.25, 0.3) is 49.9 Å². The second-order valence-corrected chi connectivity index (χ2v) is 18.5. The van der Waals surface area contributed by atoms with Gasteiger partial charge in [-0.25, -0.2) is 4.98 Å². The number of hydrogen-bond acceptors (Lipinski definition) is 4. The number of rotatable bonds is 9. The van der Waals surface area contributed by atoms with E-state index >= 15 is 0 Å². The lowest BCUT2D eigenvalue weighted by Gasteiger charge is -2.25. The summed E-state index contributed by atoms with van der Waals surface area (Å²) in [7, 11) is 0. The summed E-state index contributed by atoms with van der Waals surface area (Å²) in [6.07, 6.45) is 1.92. The molecule has 0 aliphatic carbocycles. The molecule has 0 bridgehead atoms. The molecule has 63 heavy (non-hydrogen) atoms. The maximum Gasteiger partial charge on any atom is 0.137 e. The maximum atomic E-state index is 6.77. The summed E-state index contributed by atoms with van der Waals surface area (Å²) in [4.78, 5) is 9.74. The number of benzene rings is 7. The molecule has 7 aromatic carbocycles. The molecule has 5 heteroatoms. The first-order chi connectivity index (χ1) is 30.5. The Morgan fingerprint density at radius 1 is 0.508 bits per heavy atom. The molecular formula is C58H54N4O. The predicted octanol–water partition coefficient (Wildman–Crippen LogP) is 16.1. The summed E-state index contributed by atoms with van der Waals surface area (Å²) in [5.74, 6) is 3.21. The highest BCUT2D eigenvalue weighted by atomic mass is 16.5. The first-order valence-electron chi connectivity index (χ1n) is 22.3. The monoisotopic (exact) mass is 822 g/mol. The van der Waals surface area contributed by atoms with Gasteiger partial charge in [-0.3, -0.25) is 4.57 Å². The van der Waals surface area contributed by atoms with Crippen molar-refractivity contribution in [1.29, 1.82) is 0 Å². The van der Waals surface area contributed by atoms with Crippen molar-refractivity contribution in [3.05, 3.63) is 193 Å². The van der Waals surface area contributed by atoms with Crippen LogP contribution in [0.5, 0.6) is 11.5 Å². The summed E-state index contributed by atoms with van der Waals surface area (Å²) >= 11 is 0. The first-order valence-corrected chi connectivity index (χ1v) is 22.3. The number of fused-ring (bicyclic) bond motifs is 4. The fourth-order valence-corrected chi connectivity index (χ4v) is 9.37. The zero-order valence-electron chi connectivity index (χ0n) is 37.3. The molecule has 312 valence electrons. The largest absolute Gasteiger partial charge is 0.457 e. The quantitative estimate of drug-likeness (QED) is 0.145. The molecule has 5 nitrogen and oxygen atoms in total. The van der Waals surface area contributed by atoms with Gasteiger partial charge in [0.25, 0.3) is 0 Å². The Labute approximate surface area is 371 Å². The van der Waals surface area contributed by atoms with E-state index in [9.17, 15) is 0 Å². The van der Waals surface area contributed by atoms with Crippen LogP contribution in [0.1, 0.15) is 77.0 Å². The van der Waals surface area contributed by atoms with Gasteiger partial charge in [-0.2, -0.15) is 0 Å². The van der Waals surface area contributed by atoms with Gasteiger partial charge in [0.05, 0.1) is 22.4 Å². The highest BCUT2D eigenvalue weighted by Gasteiger charge is 2.29. The number of nitrogens with zero attached hydrogens (tertiary/aromatic N) is 4. The smallest absolute Gasteiger partial charge is 0.137 e. The molecule has 0 amide bonds. The van der Waals surface area contributed by atoms with E-state index in [0.29, 0.717) is 18.5 Å². The molecular weight excluding hydrogens is 769 g/mol. The number of pyridine rings is 1. The summed E-state index contributed by atoms with van der Waals surface area (Å²) in [5, 5.41) is 2.35. The van der Waals surface area contributed by atoms with Crippen molar-refractivity contribution in [1.82, 2.24) is 9.55 Å². The van der Waals surface area contributed by atoms with Crippen LogP contribution in [0.4, 0.5) is 22.7 Å². The number of para-hydroxylation sites is 3. The van der Waals surface area contributed by atoms with Gasteiger partial charge in [-0.15, -0.1) is 0 Å². The van der Waals surface area contributed by atoms with E-state index < -0.39 is 0 Å². The molecule has 3 heterocycles. The molecule has 0 spiro atoms. The van der Waals surface area contributed by atoms with Gasteiger partial charge in [0.1, 0.15) is 24.0 Å². The summed E-state index contributed by atoms with van der Waals surface area (Å²) in [5.41, 5.74) is 15.7. The van der Waals surface area contributed by atoms with Crippen LogP contribution >= 0.6 is 0 Å². The summed E-state index contributed by atoms with van der Waals surface area (Å²) in [6, 6.07) is 61.3. The van der Waals surface area contributed by atoms with Crippen molar-refractivity contribution < 1.29 is 4.74 Å². The van der Waals surface area contributed by atoms with Gasteiger partial charge in [0, 0.05) is 40.5 Å². The Morgan fingerprint density at radius 3 is 1.87 bits per heavy atom. The average molecular weight is 823 g/mol. The molecule has 0 saturated heterocycles. The third-order valence-corrected chi connectivity index (χ3v) is 12.6. The molecule has 10 rings (SSSR count).